The number of carbonyl (C=O) groups is 1. The highest BCUT2D eigenvalue weighted by Crippen LogP contribution is 2.32. The quantitative estimate of drug-likeness (QED) is 0.369. The maximum Gasteiger partial charge on any atom is 0.251 e. The number of hydrogen-bond donors (Lipinski definition) is 1. The molecule has 0 unspecified atom stereocenters. The van der Waals surface area contributed by atoms with Gasteiger partial charge in [-0.3, -0.25) is 9.69 Å². The third-order valence-corrected chi connectivity index (χ3v) is 7.43. The van der Waals surface area contributed by atoms with Gasteiger partial charge in [-0.05, 0) is 64.5 Å². The van der Waals surface area contributed by atoms with Crippen molar-refractivity contribution >= 4 is 34.8 Å². The molecule has 1 N–H and O–H groups in total. The van der Waals surface area contributed by atoms with E-state index in [1.807, 2.05) is 36.4 Å². The summed E-state index contributed by atoms with van der Waals surface area (Å²) in [7, 11) is 0. The number of anilines is 1. The van der Waals surface area contributed by atoms with Crippen molar-refractivity contribution in [2.24, 2.45) is 0 Å². The second-order valence-corrected chi connectivity index (χ2v) is 9.46. The first-order valence-corrected chi connectivity index (χ1v) is 12.3. The molecule has 3 aromatic carbocycles. The SMILES string of the molecule is O=C(NCCCCN1CCN(c2cccc(Cl)c2Cl)CC1)c1ccc2c(c1)=c1ccccc1=2. The van der Waals surface area contributed by atoms with E-state index in [4.69, 9.17) is 23.2 Å². The largest absolute Gasteiger partial charge is 0.368 e. The predicted molar refractivity (Wildman–Crippen MR) is 135 cm³/mol. The van der Waals surface area contributed by atoms with Crippen LogP contribution in [0, 0.1) is 20.9 Å². The topological polar surface area (TPSA) is 35.6 Å². The molecule has 0 bridgehead atoms. The van der Waals surface area contributed by atoms with Gasteiger partial charge in [-0.15, -0.1) is 0 Å². The lowest BCUT2D eigenvalue weighted by Gasteiger charge is -2.36. The molecule has 33 heavy (non-hydrogen) atoms. The van der Waals surface area contributed by atoms with Crippen LogP contribution in [0.1, 0.15) is 23.2 Å². The minimum Gasteiger partial charge on any atom is -0.368 e. The van der Waals surface area contributed by atoms with Gasteiger partial charge in [0.1, 0.15) is 0 Å². The fourth-order valence-corrected chi connectivity index (χ4v) is 5.16. The molecule has 1 fully saturated rings. The molecular weight excluding hydrogens is 453 g/mol. The summed E-state index contributed by atoms with van der Waals surface area (Å²) in [5.74, 6) is 0.00851. The van der Waals surface area contributed by atoms with Gasteiger partial charge < -0.3 is 10.2 Å². The summed E-state index contributed by atoms with van der Waals surface area (Å²) in [5, 5.41) is 9.25. The van der Waals surface area contributed by atoms with E-state index in [9.17, 15) is 4.79 Å². The predicted octanol–water partition coefficient (Wildman–Crippen LogP) is 5.21. The molecule has 0 aromatic heterocycles. The molecule has 0 saturated carbocycles. The van der Waals surface area contributed by atoms with Crippen LogP contribution >= 0.6 is 23.2 Å². The number of halogens is 2. The normalized spacial score (nSPS) is 14.9. The van der Waals surface area contributed by atoms with Gasteiger partial charge in [0.15, 0.2) is 0 Å². The van der Waals surface area contributed by atoms with E-state index >= 15 is 0 Å². The van der Waals surface area contributed by atoms with Crippen LogP contribution in [-0.2, 0) is 0 Å². The Bertz CT molecular complexity index is 1370. The van der Waals surface area contributed by atoms with Crippen molar-refractivity contribution in [3.05, 3.63) is 97.1 Å². The molecule has 5 rings (SSSR count). The molecule has 1 saturated heterocycles. The summed E-state index contributed by atoms with van der Waals surface area (Å²) in [6.07, 6.45) is 2.04. The summed E-state index contributed by atoms with van der Waals surface area (Å²) in [4.78, 5) is 17.4. The Hall–Kier alpha value is -2.53. The summed E-state index contributed by atoms with van der Waals surface area (Å²) in [6.45, 7) is 5.64. The van der Waals surface area contributed by atoms with Gasteiger partial charge in [0, 0.05) is 38.3 Å². The van der Waals surface area contributed by atoms with Gasteiger partial charge in [0.05, 0.1) is 15.7 Å². The van der Waals surface area contributed by atoms with Crippen molar-refractivity contribution in [1.29, 1.82) is 0 Å². The monoisotopic (exact) mass is 479 g/mol. The van der Waals surface area contributed by atoms with Gasteiger partial charge in [0.25, 0.3) is 5.91 Å². The number of fused-ring (bicyclic) bond motifs is 2. The first kappa shape index (κ1) is 22.3. The zero-order chi connectivity index (χ0) is 22.8. The van der Waals surface area contributed by atoms with Crippen LogP contribution in [0.3, 0.4) is 0 Å². The highest BCUT2D eigenvalue weighted by atomic mass is 35.5. The Labute approximate surface area is 203 Å². The van der Waals surface area contributed by atoms with Crippen molar-refractivity contribution < 1.29 is 4.79 Å². The highest BCUT2D eigenvalue weighted by molar-refractivity contribution is 6.43. The van der Waals surface area contributed by atoms with E-state index < -0.39 is 0 Å². The number of piperazine rings is 1. The third-order valence-electron chi connectivity index (χ3n) is 6.62. The molecule has 1 aliphatic carbocycles. The van der Waals surface area contributed by atoms with Crippen LogP contribution in [-0.4, -0.2) is 50.1 Å². The maximum atomic E-state index is 12.6. The molecule has 170 valence electrons. The Kier molecular flexibility index (Phi) is 6.59. The fourth-order valence-electron chi connectivity index (χ4n) is 4.75. The van der Waals surface area contributed by atoms with Crippen molar-refractivity contribution in [2.75, 3.05) is 44.2 Å². The average Bonchev–Trinajstić information content (AvgIpc) is 2.84. The number of carbonyl (C=O) groups excluding carboxylic acids is 1. The van der Waals surface area contributed by atoms with E-state index in [0.717, 1.165) is 56.8 Å². The summed E-state index contributed by atoms with van der Waals surface area (Å²) < 4.78 is 0. The lowest BCUT2D eigenvalue weighted by Crippen LogP contribution is -2.46. The fraction of sp³-hybridized carbons (Fsp3) is 0.296. The van der Waals surface area contributed by atoms with Crippen LogP contribution in [0.4, 0.5) is 5.69 Å². The van der Waals surface area contributed by atoms with Crippen LogP contribution in [0.2, 0.25) is 10.0 Å². The standard InChI is InChI=1S/C27H27Cl2N3O/c28-24-8-5-9-25(26(24)29)32-16-14-31(15-17-32)13-4-3-12-30-27(33)19-10-11-22-20-6-1-2-7-21(20)23(22)18-19/h1-2,5-11,18H,3-4,12-17H2,(H,30,33). The number of unbranched alkanes of at least 4 members (excludes halogenated alkanes) is 1. The van der Waals surface area contributed by atoms with Crippen LogP contribution in [0.5, 0.6) is 0 Å². The molecule has 1 aliphatic heterocycles. The second kappa shape index (κ2) is 9.76. The molecule has 1 heterocycles. The Morgan fingerprint density at radius 1 is 0.818 bits per heavy atom. The van der Waals surface area contributed by atoms with Crippen molar-refractivity contribution in [2.45, 2.75) is 12.8 Å². The van der Waals surface area contributed by atoms with E-state index in [1.54, 1.807) is 0 Å². The molecule has 3 aromatic rings. The van der Waals surface area contributed by atoms with Crippen LogP contribution in [0.25, 0.3) is 0 Å². The molecule has 1 amide bonds. The molecule has 6 heteroatoms. The molecule has 4 nitrogen and oxygen atoms in total. The van der Waals surface area contributed by atoms with Gasteiger partial charge in [-0.1, -0.05) is 59.6 Å². The molecule has 0 radical (unpaired) electrons. The number of hydrogen-bond acceptors (Lipinski definition) is 3. The minimum atomic E-state index is 0.00851. The van der Waals surface area contributed by atoms with Gasteiger partial charge in [-0.25, -0.2) is 0 Å². The maximum absolute atomic E-state index is 12.6. The summed E-state index contributed by atoms with van der Waals surface area (Å²) in [6, 6.07) is 20.1. The van der Waals surface area contributed by atoms with Gasteiger partial charge in [0.2, 0.25) is 0 Å². The van der Waals surface area contributed by atoms with Crippen molar-refractivity contribution in [3.63, 3.8) is 0 Å². The van der Waals surface area contributed by atoms with E-state index in [0.29, 0.717) is 16.6 Å². The second-order valence-electron chi connectivity index (χ2n) is 8.67. The number of nitrogens with one attached hydrogen (secondary N) is 1. The number of benzene rings is 3. The van der Waals surface area contributed by atoms with Gasteiger partial charge >= 0.3 is 0 Å². The molecule has 0 spiro atoms. The smallest absolute Gasteiger partial charge is 0.251 e. The zero-order valence-corrected chi connectivity index (χ0v) is 20.0. The molecule has 0 atom stereocenters. The third kappa shape index (κ3) is 4.61. The van der Waals surface area contributed by atoms with Crippen LogP contribution in [0.15, 0.2) is 60.7 Å². The van der Waals surface area contributed by atoms with E-state index in [-0.39, 0.29) is 5.91 Å². The average molecular weight is 480 g/mol. The first-order valence-electron chi connectivity index (χ1n) is 11.5. The van der Waals surface area contributed by atoms with Gasteiger partial charge in [-0.2, -0.15) is 0 Å². The highest BCUT2D eigenvalue weighted by Gasteiger charge is 2.19. The zero-order valence-electron chi connectivity index (χ0n) is 18.5. The minimum absolute atomic E-state index is 0.00851. The van der Waals surface area contributed by atoms with Crippen molar-refractivity contribution in [1.82, 2.24) is 10.2 Å². The number of rotatable bonds is 7. The van der Waals surface area contributed by atoms with E-state index in [2.05, 4.69) is 39.4 Å². The van der Waals surface area contributed by atoms with Crippen molar-refractivity contribution in [3.8, 4) is 0 Å². The molecule has 2 aliphatic rings. The lowest BCUT2D eigenvalue weighted by atomic mass is 9.99. The Morgan fingerprint density at radius 3 is 2.33 bits per heavy atom. The Balaban J connectivity index is 1.05. The summed E-state index contributed by atoms with van der Waals surface area (Å²) in [5.41, 5.74) is 1.75. The Morgan fingerprint density at radius 2 is 1.55 bits per heavy atom. The summed E-state index contributed by atoms with van der Waals surface area (Å²) >= 11 is 12.5. The molecular formula is C27H27Cl2N3O. The lowest BCUT2D eigenvalue weighted by molar-refractivity contribution is 0.0952. The number of amides is 1. The number of nitrogens with zero attached hydrogens (tertiary/aromatic N) is 2. The first-order chi connectivity index (χ1) is 16.1. The van der Waals surface area contributed by atoms with E-state index in [1.165, 1.54) is 20.9 Å². The van der Waals surface area contributed by atoms with Crippen LogP contribution < -0.4 is 10.2 Å².